The zero-order chi connectivity index (χ0) is 24.0. The van der Waals surface area contributed by atoms with Crippen LogP contribution in [0.2, 0.25) is 0 Å². The number of terminal acetylenes is 1. The highest BCUT2D eigenvalue weighted by Gasteiger charge is 2.36. The lowest BCUT2D eigenvalue weighted by Crippen LogP contribution is -2.53. The van der Waals surface area contributed by atoms with E-state index in [-0.39, 0.29) is 11.5 Å². The largest absolute Gasteiger partial charge is 0.508 e. The third-order valence-corrected chi connectivity index (χ3v) is 4.13. The molecule has 170 valence electrons. The van der Waals surface area contributed by atoms with E-state index in [0.717, 1.165) is 4.90 Å². The van der Waals surface area contributed by atoms with Gasteiger partial charge in [0.05, 0.1) is 0 Å². The highest BCUT2D eigenvalue weighted by molar-refractivity contribution is 7.80. The molecule has 0 heterocycles. The van der Waals surface area contributed by atoms with Crippen molar-refractivity contribution >= 4 is 30.5 Å². The van der Waals surface area contributed by atoms with Crippen molar-refractivity contribution in [1.82, 2.24) is 15.5 Å². The van der Waals surface area contributed by atoms with Crippen molar-refractivity contribution in [2.75, 3.05) is 5.75 Å². The molecule has 0 bridgehead atoms. The molecule has 2 unspecified atom stereocenters. The second kappa shape index (κ2) is 10.4. The first-order valence-corrected chi connectivity index (χ1v) is 10.3. The molecule has 1 rings (SSSR count). The number of phenols is 1. The quantitative estimate of drug-likeness (QED) is 0.303. The fraction of sp³-hybridized carbons (Fsp3) is 0.500. The predicted octanol–water partition coefficient (Wildman–Crippen LogP) is 2.59. The Morgan fingerprint density at radius 1 is 1.16 bits per heavy atom. The normalized spacial score (nSPS) is 13.4. The van der Waals surface area contributed by atoms with Crippen LogP contribution in [0.5, 0.6) is 5.75 Å². The number of nitrogens with zero attached hydrogens (tertiary/aromatic N) is 1. The van der Waals surface area contributed by atoms with Gasteiger partial charge in [-0.15, -0.1) is 0 Å². The van der Waals surface area contributed by atoms with Crippen molar-refractivity contribution < 1.29 is 24.2 Å². The molecule has 0 saturated carbocycles. The summed E-state index contributed by atoms with van der Waals surface area (Å²) < 4.78 is 5.19. The minimum absolute atomic E-state index is 0.00265. The molecule has 8 nitrogen and oxygen atoms in total. The summed E-state index contributed by atoms with van der Waals surface area (Å²) in [6.07, 6.45) is 4.82. The molecule has 2 atom stereocenters. The van der Waals surface area contributed by atoms with Gasteiger partial charge >= 0.3 is 6.09 Å². The van der Waals surface area contributed by atoms with Crippen LogP contribution in [0, 0.1) is 12.5 Å². The molecular weight excluding hydrogens is 418 g/mol. The van der Waals surface area contributed by atoms with Crippen LogP contribution >= 0.6 is 12.6 Å². The number of aromatic hydroxyl groups is 1. The number of thiol groups is 1. The van der Waals surface area contributed by atoms with Gasteiger partial charge in [0.2, 0.25) is 5.91 Å². The first-order valence-electron chi connectivity index (χ1n) is 9.69. The molecule has 1 aromatic rings. The number of carbonyl (C=O) groups is 3. The van der Waals surface area contributed by atoms with Crippen LogP contribution in [0.4, 0.5) is 4.79 Å². The lowest BCUT2D eigenvalue weighted by atomic mass is 10.0. The number of alkyl carbamates (subject to hydrolysis) is 1. The number of hydrogen-bond acceptors (Lipinski definition) is 6. The molecule has 1 aromatic carbocycles. The fourth-order valence-electron chi connectivity index (χ4n) is 2.58. The second-order valence-corrected chi connectivity index (χ2v) is 9.32. The molecule has 0 radical (unpaired) electrons. The highest BCUT2D eigenvalue weighted by atomic mass is 32.1. The Morgan fingerprint density at radius 3 is 2.13 bits per heavy atom. The highest BCUT2D eigenvalue weighted by Crippen LogP contribution is 2.25. The summed E-state index contributed by atoms with van der Waals surface area (Å²) in [7, 11) is 0. The standard InChI is InChI=1S/C22H31N3O5S/c1-8-25(19(28)16(13-31)23-20(29)30-22(5,6)7)17(18(27)24-21(2,3)4)14-9-11-15(26)12-10-14/h1,9-12,16-17,26,31H,13H2,2-7H3,(H,23,29)(H,24,27). The first kappa shape index (κ1) is 26.2. The Hall–Kier alpha value is -2.86. The van der Waals surface area contributed by atoms with E-state index in [1.165, 1.54) is 24.3 Å². The van der Waals surface area contributed by atoms with Gasteiger partial charge in [0, 0.05) is 17.3 Å². The van der Waals surface area contributed by atoms with Crippen molar-refractivity contribution in [2.24, 2.45) is 0 Å². The number of amides is 3. The molecule has 0 spiro atoms. The van der Waals surface area contributed by atoms with Crippen molar-refractivity contribution in [2.45, 2.75) is 64.8 Å². The maximum Gasteiger partial charge on any atom is 0.408 e. The Morgan fingerprint density at radius 2 is 1.71 bits per heavy atom. The van der Waals surface area contributed by atoms with Gasteiger partial charge in [-0.25, -0.2) is 4.79 Å². The second-order valence-electron chi connectivity index (χ2n) is 8.95. The minimum Gasteiger partial charge on any atom is -0.508 e. The van der Waals surface area contributed by atoms with E-state index in [4.69, 9.17) is 11.2 Å². The summed E-state index contributed by atoms with van der Waals surface area (Å²) >= 11 is 4.14. The van der Waals surface area contributed by atoms with E-state index in [0.29, 0.717) is 5.56 Å². The number of nitrogens with one attached hydrogen (secondary N) is 2. The molecule has 3 amide bonds. The van der Waals surface area contributed by atoms with Gasteiger partial charge < -0.3 is 20.5 Å². The Kier molecular flexibility index (Phi) is 8.82. The summed E-state index contributed by atoms with van der Waals surface area (Å²) in [5.74, 6) is -1.29. The molecule has 0 aromatic heterocycles. The van der Waals surface area contributed by atoms with Crippen LogP contribution in [-0.4, -0.2) is 50.8 Å². The van der Waals surface area contributed by atoms with Crippen molar-refractivity contribution in [3.05, 3.63) is 29.8 Å². The summed E-state index contributed by atoms with van der Waals surface area (Å²) in [5.41, 5.74) is -0.963. The Bertz CT molecular complexity index is 835. The van der Waals surface area contributed by atoms with Crippen LogP contribution in [-0.2, 0) is 14.3 Å². The van der Waals surface area contributed by atoms with Gasteiger partial charge in [0.15, 0.2) is 0 Å². The topological polar surface area (TPSA) is 108 Å². The molecule has 0 saturated heterocycles. The Labute approximate surface area is 189 Å². The fourth-order valence-corrected chi connectivity index (χ4v) is 2.83. The summed E-state index contributed by atoms with van der Waals surface area (Å²) in [6.45, 7) is 10.4. The van der Waals surface area contributed by atoms with Crippen molar-refractivity contribution in [1.29, 1.82) is 0 Å². The van der Waals surface area contributed by atoms with Crippen LogP contribution in [0.25, 0.3) is 0 Å². The molecular formula is C22H31N3O5S. The summed E-state index contributed by atoms with van der Waals surface area (Å²) in [5, 5.41) is 14.8. The lowest BCUT2D eigenvalue weighted by molar-refractivity contribution is -0.138. The number of phenolic OH excluding ortho intramolecular Hbond substituents is 1. The van der Waals surface area contributed by atoms with Crippen LogP contribution in [0.1, 0.15) is 53.1 Å². The molecule has 9 heteroatoms. The van der Waals surface area contributed by atoms with Gasteiger partial charge in [0.25, 0.3) is 5.91 Å². The third-order valence-electron chi connectivity index (χ3n) is 3.76. The van der Waals surface area contributed by atoms with Crippen LogP contribution in [0.15, 0.2) is 24.3 Å². The van der Waals surface area contributed by atoms with Crippen molar-refractivity contribution in [3.63, 3.8) is 0 Å². The van der Waals surface area contributed by atoms with E-state index < -0.39 is 41.1 Å². The smallest absolute Gasteiger partial charge is 0.408 e. The van der Waals surface area contributed by atoms with E-state index in [1.54, 1.807) is 41.5 Å². The van der Waals surface area contributed by atoms with Gasteiger partial charge in [0.1, 0.15) is 23.4 Å². The zero-order valence-electron chi connectivity index (χ0n) is 18.7. The maximum atomic E-state index is 13.2. The molecule has 0 aliphatic heterocycles. The SMILES string of the molecule is C#CN(C(=O)C(CS)NC(=O)OC(C)(C)C)C(C(=O)NC(C)(C)C)c1ccc(O)cc1. The van der Waals surface area contributed by atoms with Crippen LogP contribution < -0.4 is 10.6 Å². The number of carbonyl (C=O) groups excluding carboxylic acids is 3. The Balaban J connectivity index is 3.28. The van der Waals surface area contributed by atoms with E-state index in [1.807, 2.05) is 0 Å². The third kappa shape index (κ3) is 8.42. The number of ether oxygens (including phenoxy) is 1. The molecule has 0 fully saturated rings. The predicted molar refractivity (Wildman–Crippen MR) is 121 cm³/mol. The minimum atomic E-state index is -1.19. The first-order chi connectivity index (χ1) is 14.2. The van der Waals surface area contributed by atoms with Gasteiger partial charge in [-0.1, -0.05) is 18.6 Å². The van der Waals surface area contributed by atoms with Gasteiger partial charge in [-0.05, 0) is 59.2 Å². The van der Waals surface area contributed by atoms with E-state index >= 15 is 0 Å². The van der Waals surface area contributed by atoms with E-state index in [2.05, 4.69) is 29.3 Å². The lowest BCUT2D eigenvalue weighted by Gasteiger charge is -2.32. The zero-order valence-corrected chi connectivity index (χ0v) is 19.6. The molecule has 3 N–H and O–H groups in total. The number of hydrogen-bond donors (Lipinski definition) is 4. The maximum absolute atomic E-state index is 13.2. The average molecular weight is 450 g/mol. The van der Waals surface area contributed by atoms with Gasteiger partial charge in [-0.3, -0.25) is 14.5 Å². The monoisotopic (exact) mass is 449 g/mol. The molecule has 0 aliphatic carbocycles. The summed E-state index contributed by atoms with van der Waals surface area (Å²) in [4.78, 5) is 39.3. The van der Waals surface area contributed by atoms with Crippen molar-refractivity contribution in [3.8, 4) is 18.2 Å². The average Bonchev–Trinajstić information content (AvgIpc) is 2.61. The van der Waals surface area contributed by atoms with E-state index in [9.17, 15) is 19.5 Å². The van der Waals surface area contributed by atoms with Gasteiger partial charge in [-0.2, -0.15) is 12.6 Å². The number of rotatable bonds is 6. The summed E-state index contributed by atoms with van der Waals surface area (Å²) in [6, 6.07) is 5.70. The number of benzene rings is 1. The molecule has 31 heavy (non-hydrogen) atoms. The molecule has 0 aliphatic rings. The van der Waals surface area contributed by atoms with Crippen LogP contribution in [0.3, 0.4) is 0 Å².